The van der Waals surface area contributed by atoms with E-state index in [-0.39, 0.29) is 25.3 Å². The van der Waals surface area contributed by atoms with Crippen molar-refractivity contribution in [1.82, 2.24) is 30.4 Å². The number of anilines is 1. The maximum absolute atomic E-state index is 11.1. The number of aromatic nitrogens is 5. The monoisotopic (exact) mass is 425 g/mol. The molecule has 1 amide bonds. The van der Waals surface area contributed by atoms with Gasteiger partial charge < -0.3 is 24.6 Å². The lowest BCUT2D eigenvalue weighted by molar-refractivity contribution is 0.174. The zero-order chi connectivity index (χ0) is 22.0. The second kappa shape index (κ2) is 8.54. The Bertz CT molecular complexity index is 1100. The molecule has 31 heavy (non-hydrogen) atoms. The molecule has 0 spiro atoms. The minimum atomic E-state index is -0.448. The molecule has 4 heterocycles. The number of pyridine rings is 1. The van der Waals surface area contributed by atoms with Gasteiger partial charge in [0.25, 0.3) is 5.89 Å². The number of amides is 1. The predicted octanol–water partition coefficient (Wildman–Crippen LogP) is 2.51. The molecule has 11 heteroatoms. The molecule has 162 valence electrons. The summed E-state index contributed by atoms with van der Waals surface area (Å²) in [7, 11) is 0. The highest BCUT2D eigenvalue weighted by molar-refractivity contribution is 5.69. The van der Waals surface area contributed by atoms with Gasteiger partial charge in [-0.15, -0.1) is 0 Å². The Morgan fingerprint density at radius 2 is 2.10 bits per heavy atom. The van der Waals surface area contributed by atoms with Crippen LogP contribution in [0.3, 0.4) is 0 Å². The van der Waals surface area contributed by atoms with Crippen LogP contribution in [0, 0.1) is 13.8 Å². The molecule has 0 saturated carbocycles. The molecule has 1 aliphatic rings. The van der Waals surface area contributed by atoms with Gasteiger partial charge in [-0.1, -0.05) is 5.16 Å². The highest BCUT2D eigenvalue weighted by atomic mass is 16.6. The number of hydrogen-bond acceptors (Lipinski definition) is 10. The first-order valence-electron chi connectivity index (χ1n) is 9.87. The molecule has 1 atom stereocenters. The maximum Gasteiger partial charge on any atom is 0.407 e. The van der Waals surface area contributed by atoms with Gasteiger partial charge in [-0.25, -0.2) is 19.7 Å². The lowest BCUT2D eigenvalue weighted by Crippen LogP contribution is -2.32. The Labute approximate surface area is 178 Å². The van der Waals surface area contributed by atoms with Crippen LogP contribution in [0.1, 0.15) is 25.2 Å². The Balaban J connectivity index is 1.49. The summed E-state index contributed by atoms with van der Waals surface area (Å²) in [6.45, 7) is 8.26. The fourth-order valence-corrected chi connectivity index (χ4v) is 3.02. The third-order valence-electron chi connectivity index (χ3n) is 4.35. The van der Waals surface area contributed by atoms with E-state index in [4.69, 9.17) is 14.0 Å². The van der Waals surface area contributed by atoms with Gasteiger partial charge in [0.2, 0.25) is 11.7 Å². The standard InChI is InChI=1S/C20H23N7O4/c1-10(2)22-16-6-13(5-11(3)23-16)19-26-17(27-31-19)15-7-21-18(12(4)24-15)29-8-14-9-30-20(28)25-14/h5-7,10,14H,8-9H2,1-4H3,(H,22,23)(H,25,28)/t14-/m0/s1. The molecule has 4 rings (SSSR count). The molecule has 1 fully saturated rings. The Hall–Kier alpha value is -3.76. The smallest absolute Gasteiger partial charge is 0.407 e. The third-order valence-corrected chi connectivity index (χ3v) is 4.35. The lowest BCUT2D eigenvalue weighted by atomic mass is 10.2. The summed E-state index contributed by atoms with van der Waals surface area (Å²) in [5, 5.41) is 9.95. The number of aryl methyl sites for hydroxylation is 2. The van der Waals surface area contributed by atoms with Crippen molar-refractivity contribution in [3.63, 3.8) is 0 Å². The number of carbonyl (C=O) groups excluding carboxylic acids is 1. The van der Waals surface area contributed by atoms with Gasteiger partial charge in [-0.2, -0.15) is 4.98 Å². The van der Waals surface area contributed by atoms with E-state index in [0.29, 0.717) is 29.0 Å². The zero-order valence-electron chi connectivity index (χ0n) is 17.7. The van der Waals surface area contributed by atoms with E-state index in [2.05, 4.69) is 35.7 Å². The molecule has 2 N–H and O–H groups in total. The second-order valence-corrected chi connectivity index (χ2v) is 7.50. The molecular weight excluding hydrogens is 402 g/mol. The lowest BCUT2D eigenvalue weighted by Gasteiger charge is -2.10. The van der Waals surface area contributed by atoms with Gasteiger partial charge in [0.1, 0.15) is 36.5 Å². The fourth-order valence-electron chi connectivity index (χ4n) is 3.02. The van der Waals surface area contributed by atoms with Crippen LogP contribution in [0.15, 0.2) is 22.9 Å². The van der Waals surface area contributed by atoms with E-state index in [0.717, 1.165) is 17.1 Å². The molecule has 0 bridgehead atoms. The first kappa shape index (κ1) is 20.5. The van der Waals surface area contributed by atoms with E-state index in [9.17, 15) is 4.79 Å². The molecule has 3 aromatic heterocycles. The van der Waals surface area contributed by atoms with Gasteiger partial charge in [0.15, 0.2) is 0 Å². The van der Waals surface area contributed by atoms with E-state index >= 15 is 0 Å². The summed E-state index contributed by atoms with van der Waals surface area (Å²) >= 11 is 0. The summed E-state index contributed by atoms with van der Waals surface area (Å²) in [6, 6.07) is 3.77. The van der Waals surface area contributed by atoms with Crippen molar-refractivity contribution in [2.24, 2.45) is 0 Å². The van der Waals surface area contributed by atoms with Gasteiger partial charge in [0, 0.05) is 17.3 Å². The van der Waals surface area contributed by atoms with Gasteiger partial charge in [-0.3, -0.25) is 0 Å². The van der Waals surface area contributed by atoms with Gasteiger partial charge >= 0.3 is 6.09 Å². The predicted molar refractivity (Wildman–Crippen MR) is 111 cm³/mol. The number of ether oxygens (including phenoxy) is 2. The number of nitrogens with one attached hydrogen (secondary N) is 2. The first-order chi connectivity index (χ1) is 14.9. The summed E-state index contributed by atoms with van der Waals surface area (Å²) in [4.78, 5) is 28.8. The number of alkyl carbamates (subject to hydrolysis) is 1. The van der Waals surface area contributed by atoms with Crippen molar-refractivity contribution < 1.29 is 18.8 Å². The first-order valence-corrected chi connectivity index (χ1v) is 9.87. The molecule has 0 unspecified atom stereocenters. The molecule has 1 saturated heterocycles. The molecule has 11 nitrogen and oxygen atoms in total. The van der Waals surface area contributed by atoms with Crippen LogP contribution in [0.25, 0.3) is 23.0 Å². The minimum Gasteiger partial charge on any atom is -0.474 e. The highest BCUT2D eigenvalue weighted by Gasteiger charge is 2.23. The SMILES string of the molecule is Cc1cc(-c2nc(-c3cnc(OC[C@H]4COC(=O)N4)c(C)n3)no2)cc(NC(C)C)n1. The number of rotatable bonds is 7. The highest BCUT2D eigenvalue weighted by Crippen LogP contribution is 2.25. The van der Waals surface area contributed by atoms with Crippen LogP contribution in [0.5, 0.6) is 5.88 Å². The average Bonchev–Trinajstić information content (AvgIpc) is 3.35. The van der Waals surface area contributed by atoms with Crippen LogP contribution in [0.4, 0.5) is 10.6 Å². The topological polar surface area (TPSA) is 137 Å². The van der Waals surface area contributed by atoms with Crippen molar-refractivity contribution in [2.45, 2.75) is 39.8 Å². The summed E-state index contributed by atoms with van der Waals surface area (Å²) in [5.74, 6) is 1.79. The van der Waals surface area contributed by atoms with Gasteiger partial charge in [0.05, 0.1) is 6.20 Å². The van der Waals surface area contributed by atoms with Crippen LogP contribution in [-0.4, -0.2) is 56.5 Å². The molecule has 1 aliphatic heterocycles. The van der Waals surface area contributed by atoms with Crippen molar-refractivity contribution in [3.05, 3.63) is 29.7 Å². The van der Waals surface area contributed by atoms with E-state index < -0.39 is 6.09 Å². The number of nitrogens with zero attached hydrogens (tertiary/aromatic N) is 5. The molecule has 0 radical (unpaired) electrons. The zero-order valence-corrected chi connectivity index (χ0v) is 17.7. The molecule has 3 aromatic rings. The Morgan fingerprint density at radius 3 is 2.81 bits per heavy atom. The van der Waals surface area contributed by atoms with Crippen molar-refractivity contribution in [1.29, 1.82) is 0 Å². The van der Waals surface area contributed by atoms with E-state index in [1.165, 1.54) is 6.20 Å². The van der Waals surface area contributed by atoms with Crippen LogP contribution < -0.4 is 15.4 Å². The largest absolute Gasteiger partial charge is 0.474 e. The Kier molecular flexibility index (Phi) is 5.65. The van der Waals surface area contributed by atoms with Gasteiger partial charge in [-0.05, 0) is 39.8 Å². The molecular formula is C20H23N7O4. The van der Waals surface area contributed by atoms with E-state index in [1.54, 1.807) is 6.92 Å². The second-order valence-electron chi connectivity index (χ2n) is 7.50. The van der Waals surface area contributed by atoms with Crippen molar-refractivity contribution >= 4 is 11.9 Å². The number of cyclic esters (lactones) is 1. The summed E-state index contributed by atoms with van der Waals surface area (Å²) in [6.07, 6.45) is 1.07. The Morgan fingerprint density at radius 1 is 1.26 bits per heavy atom. The van der Waals surface area contributed by atoms with Crippen LogP contribution in [0.2, 0.25) is 0 Å². The summed E-state index contributed by atoms with van der Waals surface area (Å²) in [5.41, 5.74) is 2.63. The fraction of sp³-hybridized carbons (Fsp3) is 0.400. The van der Waals surface area contributed by atoms with Crippen molar-refractivity contribution in [2.75, 3.05) is 18.5 Å². The summed E-state index contributed by atoms with van der Waals surface area (Å²) < 4.78 is 15.9. The average molecular weight is 425 g/mol. The van der Waals surface area contributed by atoms with Crippen molar-refractivity contribution in [3.8, 4) is 28.9 Å². The molecule has 0 aliphatic carbocycles. The molecule has 0 aromatic carbocycles. The quantitative estimate of drug-likeness (QED) is 0.581. The van der Waals surface area contributed by atoms with E-state index in [1.807, 2.05) is 32.9 Å². The minimum absolute atomic E-state index is 0.216. The van der Waals surface area contributed by atoms with Crippen LogP contribution >= 0.6 is 0 Å². The number of carbonyl (C=O) groups is 1. The number of hydrogen-bond donors (Lipinski definition) is 2. The normalized spacial score (nSPS) is 15.6. The third kappa shape index (κ3) is 4.87. The van der Waals surface area contributed by atoms with Crippen LogP contribution in [-0.2, 0) is 4.74 Å². The maximum atomic E-state index is 11.1.